The molecule has 0 heterocycles. The Kier molecular flexibility index (Phi) is 6.11. The maximum atomic E-state index is 12.9. The van der Waals surface area contributed by atoms with Crippen LogP contribution >= 0.6 is 0 Å². The molecule has 0 aromatic heterocycles. The van der Waals surface area contributed by atoms with Crippen molar-refractivity contribution in [3.05, 3.63) is 59.4 Å². The molecule has 0 saturated heterocycles. The second kappa shape index (κ2) is 8.28. The van der Waals surface area contributed by atoms with Crippen LogP contribution in [0.15, 0.2) is 42.5 Å². The number of ketones is 1. The summed E-state index contributed by atoms with van der Waals surface area (Å²) in [4.78, 5) is 25.1. The van der Waals surface area contributed by atoms with Crippen molar-refractivity contribution in [1.29, 1.82) is 0 Å². The number of methoxy groups -OCH3 is 1. The Balaban J connectivity index is 1.96. The van der Waals surface area contributed by atoms with Gasteiger partial charge in [0.25, 0.3) is 5.91 Å². The number of hydrogen-bond acceptors (Lipinski definition) is 4. The van der Waals surface area contributed by atoms with E-state index in [0.717, 1.165) is 5.56 Å². The molecule has 5 nitrogen and oxygen atoms in total. The standard InChI is InChI=1S/C19H20FNO4/c1-13(22)15-6-9-17(18(10-15)24-3)25-12-19(23)21(2)11-14-4-7-16(20)8-5-14/h4-10H,11-12H2,1-3H3. The van der Waals surface area contributed by atoms with Crippen molar-refractivity contribution >= 4 is 11.7 Å². The van der Waals surface area contributed by atoms with Crippen LogP contribution in [0.5, 0.6) is 11.5 Å². The summed E-state index contributed by atoms with van der Waals surface area (Å²) in [5, 5.41) is 0. The van der Waals surface area contributed by atoms with Crippen molar-refractivity contribution in [2.24, 2.45) is 0 Å². The third kappa shape index (κ3) is 5.04. The Hall–Kier alpha value is -2.89. The summed E-state index contributed by atoms with van der Waals surface area (Å²) in [6, 6.07) is 10.8. The molecule has 0 aliphatic heterocycles. The normalized spacial score (nSPS) is 10.2. The summed E-state index contributed by atoms with van der Waals surface area (Å²) in [5.41, 5.74) is 1.32. The lowest BCUT2D eigenvalue weighted by Gasteiger charge is -2.18. The third-order valence-corrected chi connectivity index (χ3v) is 3.68. The van der Waals surface area contributed by atoms with Gasteiger partial charge in [-0.05, 0) is 42.8 Å². The van der Waals surface area contributed by atoms with Crippen LogP contribution in [0.1, 0.15) is 22.8 Å². The largest absolute Gasteiger partial charge is 0.493 e. The summed E-state index contributed by atoms with van der Waals surface area (Å²) < 4.78 is 23.6. The molecule has 2 aromatic carbocycles. The van der Waals surface area contributed by atoms with Crippen molar-refractivity contribution in [1.82, 2.24) is 4.90 Å². The zero-order valence-corrected chi connectivity index (χ0v) is 14.4. The summed E-state index contributed by atoms with van der Waals surface area (Å²) >= 11 is 0. The van der Waals surface area contributed by atoms with Gasteiger partial charge < -0.3 is 14.4 Å². The number of ether oxygens (including phenoxy) is 2. The van der Waals surface area contributed by atoms with E-state index in [1.807, 2.05) is 0 Å². The van der Waals surface area contributed by atoms with Crippen LogP contribution in [0.3, 0.4) is 0 Å². The summed E-state index contributed by atoms with van der Waals surface area (Å²) in [6.07, 6.45) is 0. The lowest BCUT2D eigenvalue weighted by atomic mass is 10.1. The highest BCUT2D eigenvalue weighted by molar-refractivity contribution is 5.94. The van der Waals surface area contributed by atoms with Gasteiger partial charge >= 0.3 is 0 Å². The predicted molar refractivity (Wildman–Crippen MR) is 91.4 cm³/mol. The summed E-state index contributed by atoms with van der Waals surface area (Å²) in [6.45, 7) is 1.64. The molecule has 2 rings (SSSR count). The molecule has 1 amide bonds. The number of benzene rings is 2. The molecule has 0 aliphatic rings. The first-order valence-electron chi connectivity index (χ1n) is 7.71. The molecule has 0 radical (unpaired) electrons. The Morgan fingerprint density at radius 2 is 1.76 bits per heavy atom. The van der Waals surface area contributed by atoms with E-state index < -0.39 is 0 Å². The smallest absolute Gasteiger partial charge is 0.260 e. The zero-order valence-electron chi connectivity index (χ0n) is 14.4. The number of amides is 1. The molecule has 0 atom stereocenters. The van der Waals surface area contributed by atoms with Crippen LogP contribution < -0.4 is 9.47 Å². The van der Waals surface area contributed by atoms with Crippen LogP contribution in [0.4, 0.5) is 4.39 Å². The summed E-state index contributed by atoms with van der Waals surface area (Å²) in [5.74, 6) is 0.141. The first-order chi connectivity index (χ1) is 11.9. The van der Waals surface area contributed by atoms with E-state index in [2.05, 4.69) is 0 Å². The molecule has 0 fully saturated rings. The van der Waals surface area contributed by atoms with Crippen molar-refractivity contribution < 1.29 is 23.5 Å². The average molecular weight is 345 g/mol. The fourth-order valence-corrected chi connectivity index (χ4v) is 2.21. The SMILES string of the molecule is COc1cc(C(C)=O)ccc1OCC(=O)N(C)Cc1ccc(F)cc1. The van der Waals surface area contributed by atoms with Gasteiger partial charge in [-0.2, -0.15) is 0 Å². The number of halogens is 1. The monoisotopic (exact) mass is 345 g/mol. The first-order valence-corrected chi connectivity index (χ1v) is 7.71. The number of carbonyl (C=O) groups excluding carboxylic acids is 2. The van der Waals surface area contributed by atoms with Crippen molar-refractivity contribution in [2.75, 3.05) is 20.8 Å². The molecular formula is C19H20FNO4. The van der Waals surface area contributed by atoms with Crippen molar-refractivity contribution in [2.45, 2.75) is 13.5 Å². The zero-order chi connectivity index (χ0) is 18.4. The van der Waals surface area contributed by atoms with Gasteiger partial charge in [-0.3, -0.25) is 9.59 Å². The number of nitrogens with zero attached hydrogens (tertiary/aromatic N) is 1. The molecule has 0 N–H and O–H groups in total. The second-order valence-corrected chi connectivity index (χ2v) is 5.59. The van der Waals surface area contributed by atoms with Crippen LogP contribution in [-0.2, 0) is 11.3 Å². The first kappa shape index (κ1) is 18.4. The molecule has 0 unspecified atom stereocenters. The van der Waals surface area contributed by atoms with E-state index in [-0.39, 0.29) is 24.1 Å². The van der Waals surface area contributed by atoms with E-state index in [1.165, 1.54) is 31.1 Å². The lowest BCUT2D eigenvalue weighted by Crippen LogP contribution is -2.31. The van der Waals surface area contributed by atoms with Crippen LogP contribution in [0, 0.1) is 5.82 Å². The molecule has 132 valence electrons. The molecule has 25 heavy (non-hydrogen) atoms. The van der Waals surface area contributed by atoms with Gasteiger partial charge in [-0.25, -0.2) is 4.39 Å². The Labute approximate surface area is 146 Å². The average Bonchev–Trinajstić information content (AvgIpc) is 2.61. The Bertz CT molecular complexity index is 759. The van der Waals surface area contributed by atoms with E-state index in [9.17, 15) is 14.0 Å². The molecular weight excluding hydrogens is 325 g/mol. The lowest BCUT2D eigenvalue weighted by molar-refractivity contribution is -0.132. The van der Waals surface area contributed by atoms with Crippen LogP contribution in [-0.4, -0.2) is 37.4 Å². The molecule has 0 bridgehead atoms. The summed E-state index contributed by atoms with van der Waals surface area (Å²) in [7, 11) is 3.11. The molecule has 0 saturated carbocycles. The van der Waals surface area contributed by atoms with Gasteiger partial charge in [0.2, 0.25) is 0 Å². The molecule has 0 aliphatic carbocycles. The predicted octanol–water partition coefficient (Wildman–Crippen LogP) is 3.07. The molecule has 0 spiro atoms. The van der Waals surface area contributed by atoms with Crippen molar-refractivity contribution in [3.63, 3.8) is 0 Å². The van der Waals surface area contributed by atoms with E-state index in [1.54, 1.807) is 37.4 Å². The highest BCUT2D eigenvalue weighted by Gasteiger charge is 2.13. The van der Waals surface area contributed by atoms with Gasteiger partial charge in [-0.15, -0.1) is 0 Å². The highest BCUT2D eigenvalue weighted by Crippen LogP contribution is 2.28. The minimum Gasteiger partial charge on any atom is -0.493 e. The number of hydrogen-bond donors (Lipinski definition) is 0. The minimum absolute atomic E-state index is 0.0834. The fraction of sp³-hybridized carbons (Fsp3) is 0.263. The van der Waals surface area contributed by atoms with E-state index in [4.69, 9.17) is 9.47 Å². The number of likely N-dealkylation sites (N-methyl/N-ethyl adjacent to an activating group) is 1. The molecule has 6 heteroatoms. The van der Waals surface area contributed by atoms with Gasteiger partial charge in [0, 0.05) is 19.2 Å². The van der Waals surface area contributed by atoms with Crippen LogP contribution in [0.2, 0.25) is 0 Å². The van der Waals surface area contributed by atoms with Crippen LogP contribution in [0.25, 0.3) is 0 Å². The van der Waals surface area contributed by atoms with Gasteiger partial charge in [0.05, 0.1) is 7.11 Å². The highest BCUT2D eigenvalue weighted by atomic mass is 19.1. The van der Waals surface area contributed by atoms with E-state index >= 15 is 0 Å². The van der Waals surface area contributed by atoms with Gasteiger partial charge in [-0.1, -0.05) is 12.1 Å². The maximum absolute atomic E-state index is 12.9. The number of rotatable bonds is 7. The van der Waals surface area contributed by atoms with E-state index in [0.29, 0.717) is 23.6 Å². The van der Waals surface area contributed by atoms with Gasteiger partial charge in [0.15, 0.2) is 23.9 Å². The topological polar surface area (TPSA) is 55.8 Å². The minimum atomic E-state index is -0.317. The molecule has 2 aromatic rings. The number of carbonyl (C=O) groups is 2. The Morgan fingerprint density at radius 1 is 1.08 bits per heavy atom. The second-order valence-electron chi connectivity index (χ2n) is 5.59. The quantitative estimate of drug-likeness (QED) is 0.724. The fourth-order valence-electron chi connectivity index (χ4n) is 2.21. The Morgan fingerprint density at radius 3 is 2.36 bits per heavy atom. The third-order valence-electron chi connectivity index (χ3n) is 3.68. The number of Topliss-reactive ketones (excluding diaryl/α,β-unsaturated/α-hetero) is 1. The van der Waals surface area contributed by atoms with Crippen molar-refractivity contribution in [3.8, 4) is 11.5 Å². The maximum Gasteiger partial charge on any atom is 0.260 e. The van der Waals surface area contributed by atoms with Gasteiger partial charge in [0.1, 0.15) is 5.82 Å².